The molecule has 0 unspecified atom stereocenters. The average molecular weight is 229 g/mol. The first-order valence-electron chi connectivity index (χ1n) is 6.62. The largest absolute Gasteiger partial charge is 0.440 e. The second-order valence-corrected chi connectivity index (χ2v) is 5.24. The third-order valence-electron chi connectivity index (χ3n) is 4.05. The van der Waals surface area contributed by atoms with Gasteiger partial charge in [0.1, 0.15) is 5.52 Å². The maximum Gasteiger partial charge on any atom is 0.198 e. The highest BCUT2D eigenvalue weighted by atomic mass is 16.3. The van der Waals surface area contributed by atoms with E-state index in [0.717, 1.165) is 17.0 Å². The van der Waals surface area contributed by atoms with Crippen molar-refractivity contribution in [3.05, 3.63) is 29.2 Å². The summed E-state index contributed by atoms with van der Waals surface area (Å²) in [7, 11) is 0. The number of oxazole rings is 1. The summed E-state index contributed by atoms with van der Waals surface area (Å²) in [5, 5.41) is 0. The Labute approximate surface area is 102 Å². The number of fused-ring (bicyclic) bond motifs is 1. The molecule has 0 saturated heterocycles. The second-order valence-electron chi connectivity index (χ2n) is 5.24. The fraction of sp³-hybridized carbons (Fsp3) is 0.533. The van der Waals surface area contributed by atoms with Crippen molar-refractivity contribution < 1.29 is 4.42 Å². The predicted molar refractivity (Wildman–Crippen MR) is 69.3 cm³/mol. The smallest absolute Gasteiger partial charge is 0.198 e. The number of nitrogens with zero attached hydrogens (tertiary/aromatic N) is 1. The van der Waals surface area contributed by atoms with Crippen molar-refractivity contribution in [3.8, 4) is 0 Å². The van der Waals surface area contributed by atoms with Gasteiger partial charge in [0.2, 0.25) is 0 Å². The van der Waals surface area contributed by atoms with Crippen LogP contribution in [0.4, 0.5) is 0 Å². The molecular formula is C15H19NO. The van der Waals surface area contributed by atoms with Gasteiger partial charge in [0.15, 0.2) is 11.5 Å². The summed E-state index contributed by atoms with van der Waals surface area (Å²) >= 11 is 0. The first-order valence-corrected chi connectivity index (χ1v) is 6.62. The minimum Gasteiger partial charge on any atom is -0.440 e. The number of aryl methyl sites for hydroxylation is 2. The summed E-state index contributed by atoms with van der Waals surface area (Å²) < 4.78 is 6.01. The molecule has 90 valence electrons. The van der Waals surface area contributed by atoms with Crippen LogP contribution in [-0.4, -0.2) is 4.98 Å². The molecule has 1 aromatic heterocycles. The second kappa shape index (κ2) is 4.17. The summed E-state index contributed by atoms with van der Waals surface area (Å²) in [6.45, 7) is 4.24. The zero-order valence-corrected chi connectivity index (χ0v) is 10.6. The summed E-state index contributed by atoms with van der Waals surface area (Å²) in [4.78, 5) is 4.67. The highest BCUT2D eigenvalue weighted by Crippen LogP contribution is 2.34. The molecule has 0 spiro atoms. The van der Waals surface area contributed by atoms with E-state index in [2.05, 4.69) is 31.0 Å². The highest BCUT2D eigenvalue weighted by Gasteiger charge is 2.21. The van der Waals surface area contributed by atoms with E-state index in [-0.39, 0.29) is 0 Å². The van der Waals surface area contributed by atoms with Crippen LogP contribution in [0.25, 0.3) is 11.1 Å². The van der Waals surface area contributed by atoms with Gasteiger partial charge in [-0.05, 0) is 43.9 Å². The minimum atomic E-state index is 0.552. The molecule has 1 aromatic carbocycles. The average Bonchev–Trinajstić information content (AvgIpc) is 2.80. The first-order chi connectivity index (χ1) is 8.25. The van der Waals surface area contributed by atoms with Crippen molar-refractivity contribution in [3.63, 3.8) is 0 Å². The van der Waals surface area contributed by atoms with Crippen LogP contribution in [-0.2, 0) is 0 Å². The van der Waals surface area contributed by atoms with Crippen molar-refractivity contribution in [2.45, 2.75) is 51.9 Å². The number of benzene rings is 1. The van der Waals surface area contributed by atoms with Gasteiger partial charge in [0.05, 0.1) is 0 Å². The first kappa shape index (κ1) is 10.8. The van der Waals surface area contributed by atoms with Crippen molar-refractivity contribution in [2.75, 3.05) is 0 Å². The SMILES string of the molecule is Cc1ccc2nc(C3CCCCC3)oc2c1C. The van der Waals surface area contributed by atoms with Gasteiger partial charge < -0.3 is 4.42 Å². The van der Waals surface area contributed by atoms with Gasteiger partial charge in [0.25, 0.3) is 0 Å². The van der Waals surface area contributed by atoms with Crippen LogP contribution in [0.5, 0.6) is 0 Å². The van der Waals surface area contributed by atoms with Crippen molar-refractivity contribution in [1.82, 2.24) is 4.98 Å². The lowest BCUT2D eigenvalue weighted by Gasteiger charge is -2.17. The Morgan fingerprint density at radius 3 is 2.65 bits per heavy atom. The van der Waals surface area contributed by atoms with Crippen LogP contribution in [0.1, 0.15) is 55.0 Å². The standard InChI is InChI=1S/C15H19NO/c1-10-8-9-13-14(11(10)2)17-15(16-13)12-6-4-3-5-7-12/h8-9,12H,3-7H2,1-2H3. The number of hydrogen-bond donors (Lipinski definition) is 0. The zero-order chi connectivity index (χ0) is 11.8. The topological polar surface area (TPSA) is 26.0 Å². The van der Waals surface area contributed by atoms with E-state index in [1.165, 1.54) is 43.2 Å². The lowest BCUT2D eigenvalue weighted by Crippen LogP contribution is -2.04. The highest BCUT2D eigenvalue weighted by molar-refractivity contribution is 5.77. The lowest BCUT2D eigenvalue weighted by atomic mass is 9.89. The molecule has 0 N–H and O–H groups in total. The number of aromatic nitrogens is 1. The molecule has 1 heterocycles. The van der Waals surface area contributed by atoms with E-state index in [9.17, 15) is 0 Å². The Morgan fingerprint density at radius 1 is 1.12 bits per heavy atom. The molecular weight excluding hydrogens is 210 g/mol. The molecule has 0 amide bonds. The Morgan fingerprint density at radius 2 is 1.88 bits per heavy atom. The molecule has 1 aliphatic rings. The van der Waals surface area contributed by atoms with E-state index in [1.54, 1.807) is 0 Å². The summed E-state index contributed by atoms with van der Waals surface area (Å²) in [5.41, 5.74) is 4.53. The Bertz CT molecular complexity index is 535. The van der Waals surface area contributed by atoms with Crippen molar-refractivity contribution >= 4 is 11.1 Å². The van der Waals surface area contributed by atoms with Crippen LogP contribution < -0.4 is 0 Å². The number of hydrogen-bond acceptors (Lipinski definition) is 2. The van der Waals surface area contributed by atoms with Gasteiger partial charge in [-0.25, -0.2) is 4.98 Å². The third-order valence-corrected chi connectivity index (χ3v) is 4.05. The van der Waals surface area contributed by atoms with Crippen LogP contribution >= 0.6 is 0 Å². The minimum absolute atomic E-state index is 0.552. The van der Waals surface area contributed by atoms with Crippen LogP contribution in [0.15, 0.2) is 16.5 Å². The van der Waals surface area contributed by atoms with E-state index in [1.807, 2.05) is 0 Å². The van der Waals surface area contributed by atoms with Crippen LogP contribution in [0.3, 0.4) is 0 Å². The van der Waals surface area contributed by atoms with Gasteiger partial charge in [-0.1, -0.05) is 25.3 Å². The fourth-order valence-electron chi connectivity index (χ4n) is 2.76. The van der Waals surface area contributed by atoms with Gasteiger partial charge in [-0.3, -0.25) is 0 Å². The van der Waals surface area contributed by atoms with Gasteiger partial charge in [0, 0.05) is 5.92 Å². The molecule has 0 bridgehead atoms. The third kappa shape index (κ3) is 1.86. The predicted octanol–water partition coefficient (Wildman–Crippen LogP) is 4.49. The molecule has 1 saturated carbocycles. The van der Waals surface area contributed by atoms with E-state index in [4.69, 9.17) is 4.42 Å². The van der Waals surface area contributed by atoms with Crippen molar-refractivity contribution in [1.29, 1.82) is 0 Å². The van der Waals surface area contributed by atoms with Crippen LogP contribution in [0, 0.1) is 13.8 Å². The van der Waals surface area contributed by atoms with E-state index < -0.39 is 0 Å². The molecule has 3 rings (SSSR count). The monoisotopic (exact) mass is 229 g/mol. The fourth-order valence-corrected chi connectivity index (χ4v) is 2.76. The molecule has 0 aliphatic heterocycles. The van der Waals surface area contributed by atoms with Gasteiger partial charge in [-0.15, -0.1) is 0 Å². The summed E-state index contributed by atoms with van der Waals surface area (Å²) in [5.74, 6) is 1.52. The molecule has 2 nitrogen and oxygen atoms in total. The molecule has 1 fully saturated rings. The molecule has 2 heteroatoms. The van der Waals surface area contributed by atoms with Gasteiger partial charge in [-0.2, -0.15) is 0 Å². The van der Waals surface area contributed by atoms with E-state index in [0.29, 0.717) is 5.92 Å². The quantitative estimate of drug-likeness (QED) is 0.720. The van der Waals surface area contributed by atoms with Crippen LogP contribution in [0.2, 0.25) is 0 Å². The van der Waals surface area contributed by atoms with Gasteiger partial charge >= 0.3 is 0 Å². The summed E-state index contributed by atoms with van der Waals surface area (Å²) in [6.07, 6.45) is 6.49. The summed E-state index contributed by atoms with van der Waals surface area (Å²) in [6, 6.07) is 4.21. The Balaban J connectivity index is 2.04. The van der Waals surface area contributed by atoms with E-state index >= 15 is 0 Å². The Hall–Kier alpha value is -1.31. The number of rotatable bonds is 1. The maximum atomic E-state index is 6.01. The molecule has 0 atom stereocenters. The lowest BCUT2D eigenvalue weighted by molar-refractivity contribution is 0.373. The van der Waals surface area contributed by atoms with Crippen molar-refractivity contribution in [2.24, 2.45) is 0 Å². The molecule has 17 heavy (non-hydrogen) atoms. The molecule has 2 aromatic rings. The molecule has 1 aliphatic carbocycles. The molecule has 0 radical (unpaired) electrons. The Kier molecular flexibility index (Phi) is 2.65. The normalized spacial score (nSPS) is 17.8. The maximum absolute atomic E-state index is 6.01. The zero-order valence-electron chi connectivity index (χ0n) is 10.6.